The number of hydrogen-bond acceptors (Lipinski definition) is 7. The number of nitrogens with zero attached hydrogens (tertiary/aromatic N) is 2. The molecule has 1 aliphatic heterocycles. The Labute approximate surface area is 122 Å². The number of aromatic nitrogens is 1. The zero-order chi connectivity index (χ0) is 14.6. The number of sulfone groups is 1. The van der Waals surface area contributed by atoms with Crippen molar-refractivity contribution in [3.05, 3.63) is 11.1 Å². The molecule has 0 saturated carbocycles. The Morgan fingerprint density at radius 1 is 1.45 bits per heavy atom. The third-order valence-corrected chi connectivity index (χ3v) is 5.66. The SMILES string of the molecule is CCOC(=O)Cc1csc(N2CCCS(=O)(=O)CC2)n1. The highest BCUT2D eigenvalue weighted by Gasteiger charge is 2.21. The van der Waals surface area contributed by atoms with Crippen molar-refractivity contribution in [1.29, 1.82) is 0 Å². The molecule has 0 amide bonds. The monoisotopic (exact) mass is 318 g/mol. The standard InChI is InChI=1S/C12H18N2O4S2/c1-2-18-11(15)8-10-9-19-12(13-10)14-4-3-6-20(16,17)7-5-14/h9H,2-8H2,1H3. The molecule has 0 aromatic carbocycles. The van der Waals surface area contributed by atoms with Crippen LogP contribution in [-0.4, -0.2) is 50.6 Å². The molecule has 1 fully saturated rings. The molecule has 0 atom stereocenters. The van der Waals surface area contributed by atoms with Crippen LogP contribution in [-0.2, 0) is 25.8 Å². The van der Waals surface area contributed by atoms with Crippen LogP contribution in [0.25, 0.3) is 0 Å². The van der Waals surface area contributed by atoms with E-state index in [1.165, 1.54) is 11.3 Å². The lowest BCUT2D eigenvalue weighted by molar-refractivity contribution is -0.142. The van der Waals surface area contributed by atoms with Crippen molar-refractivity contribution in [2.24, 2.45) is 0 Å². The molecule has 2 rings (SSSR count). The molecule has 1 aromatic heterocycles. The first-order valence-corrected chi connectivity index (χ1v) is 9.25. The molecule has 20 heavy (non-hydrogen) atoms. The van der Waals surface area contributed by atoms with E-state index < -0.39 is 9.84 Å². The Balaban J connectivity index is 1.99. The van der Waals surface area contributed by atoms with E-state index >= 15 is 0 Å². The first-order valence-electron chi connectivity index (χ1n) is 6.55. The highest BCUT2D eigenvalue weighted by molar-refractivity contribution is 7.91. The molecule has 0 radical (unpaired) electrons. The second kappa shape index (κ2) is 6.53. The van der Waals surface area contributed by atoms with E-state index in [0.29, 0.717) is 31.8 Å². The summed E-state index contributed by atoms with van der Waals surface area (Å²) < 4.78 is 28.0. The number of ether oxygens (including phenoxy) is 1. The summed E-state index contributed by atoms with van der Waals surface area (Å²) in [5, 5.41) is 2.60. The molecule has 0 spiro atoms. The van der Waals surface area contributed by atoms with Gasteiger partial charge in [-0.3, -0.25) is 4.79 Å². The quantitative estimate of drug-likeness (QED) is 0.767. The molecule has 1 aromatic rings. The van der Waals surface area contributed by atoms with Gasteiger partial charge in [0, 0.05) is 18.5 Å². The van der Waals surface area contributed by atoms with Crippen molar-refractivity contribution in [3.63, 3.8) is 0 Å². The van der Waals surface area contributed by atoms with Crippen LogP contribution < -0.4 is 4.90 Å². The van der Waals surface area contributed by atoms with Crippen molar-refractivity contribution in [2.45, 2.75) is 19.8 Å². The summed E-state index contributed by atoms with van der Waals surface area (Å²) in [4.78, 5) is 17.8. The van der Waals surface area contributed by atoms with Crippen molar-refractivity contribution in [3.8, 4) is 0 Å². The van der Waals surface area contributed by atoms with Crippen molar-refractivity contribution >= 4 is 32.3 Å². The van der Waals surface area contributed by atoms with Crippen LogP contribution in [0.1, 0.15) is 19.0 Å². The largest absolute Gasteiger partial charge is 0.466 e. The maximum absolute atomic E-state index is 11.6. The summed E-state index contributed by atoms with van der Waals surface area (Å²) in [5.74, 6) is 0.118. The fourth-order valence-corrected chi connectivity index (χ4v) is 4.16. The van der Waals surface area contributed by atoms with E-state index in [4.69, 9.17) is 4.74 Å². The molecule has 6 nitrogen and oxygen atoms in total. The molecule has 112 valence electrons. The van der Waals surface area contributed by atoms with E-state index in [1.807, 2.05) is 10.3 Å². The van der Waals surface area contributed by atoms with Gasteiger partial charge in [0.25, 0.3) is 0 Å². The second-order valence-corrected chi connectivity index (χ2v) is 7.74. The highest BCUT2D eigenvalue weighted by Crippen LogP contribution is 2.22. The number of thiazole rings is 1. The third kappa shape index (κ3) is 4.17. The van der Waals surface area contributed by atoms with Crippen molar-refractivity contribution in [1.82, 2.24) is 4.98 Å². The zero-order valence-electron chi connectivity index (χ0n) is 11.4. The predicted molar refractivity (Wildman–Crippen MR) is 77.9 cm³/mol. The van der Waals surface area contributed by atoms with Gasteiger partial charge in [-0.1, -0.05) is 0 Å². The number of anilines is 1. The number of rotatable bonds is 4. The summed E-state index contributed by atoms with van der Waals surface area (Å²) in [5.41, 5.74) is 0.676. The van der Waals surface area contributed by atoms with E-state index in [9.17, 15) is 13.2 Å². The van der Waals surface area contributed by atoms with Crippen LogP contribution in [0.3, 0.4) is 0 Å². The lowest BCUT2D eigenvalue weighted by Crippen LogP contribution is -2.26. The number of carbonyl (C=O) groups excluding carboxylic acids is 1. The molecule has 0 N–H and O–H groups in total. The van der Waals surface area contributed by atoms with E-state index in [0.717, 1.165) is 5.13 Å². The van der Waals surface area contributed by atoms with Crippen LogP contribution in [0.15, 0.2) is 5.38 Å². The average molecular weight is 318 g/mol. The molecule has 2 heterocycles. The Morgan fingerprint density at radius 3 is 3.00 bits per heavy atom. The van der Waals surface area contributed by atoms with Gasteiger partial charge in [-0.2, -0.15) is 0 Å². The normalized spacial score (nSPS) is 18.6. The van der Waals surface area contributed by atoms with Gasteiger partial charge in [-0.15, -0.1) is 11.3 Å². The average Bonchev–Trinajstić information content (AvgIpc) is 2.74. The molecular weight excluding hydrogens is 300 g/mol. The van der Waals surface area contributed by atoms with Gasteiger partial charge < -0.3 is 9.64 Å². The molecule has 1 aliphatic rings. The summed E-state index contributed by atoms with van der Waals surface area (Å²) >= 11 is 1.44. The summed E-state index contributed by atoms with van der Waals surface area (Å²) in [6.07, 6.45) is 0.783. The minimum absolute atomic E-state index is 0.163. The number of hydrogen-bond donors (Lipinski definition) is 0. The number of carbonyl (C=O) groups is 1. The lowest BCUT2D eigenvalue weighted by atomic mass is 10.3. The minimum Gasteiger partial charge on any atom is -0.466 e. The highest BCUT2D eigenvalue weighted by atomic mass is 32.2. The van der Waals surface area contributed by atoms with Gasteiger partial charge in [0.2, 0.25) is 0 Å². The summed E-state index contributed by atoms with van der Waals surface area (Å²) in [7, 11) is -2.92. The molecule has 0 unspecified atom stereocenters. The van der Waals surface area contributed by atoms with Gasteiger partial charge in [-0.05, 0) is 13.3 Å². The van der Waals surface area contributed by atoms with Crippen molar-refractivity contribution in [2.75, 3.05) is 36.1 Å². The van der Waals surface area contributed by atoms with Crippen LogP contribution in [0.5, 0.6) is 0 Å². The fraction of sp³-hybridized carbons (Fsp3) is 0.667. The van der Waals surface area contributed by atoms with E-state index in [2.05, 4.69) is 4.98 Å². The van der Waals surface area contributed by atoms with Gasteiger partial charge >= 0.3 is 5.97 Å². The Morgan fingerprint density at radius 2 is 2.25 bits per heavy atom. The molecule has 0 bridgehead atoms. The summed E-state index contributed by atoms with van der Waals surface area (Å²) in [6.45, 7) is 3.28. The van der Waals surface area contributed by atoms with Gasteiger partial charge in [0.1, 0.15) is 0 Å². The van der Waals surface area contributed by atoms with Gasteiger partial charge in [0.05, 0.1) is 30.2 Å². The third-order valence-electron chi connectivity index (χ3n) is 3.00. The van der Waals surface area contributed by atoms with Gasteiger partial charge in [-0.25, -0.2) is 13.4 Å². The van der Waals surface area contributed by atoms with E-state index in [1.54, 1.807) is 6.92 Å². The lowest BCUT2D eigenvalue weighted by Gasteiger charge is -2.17. The van der Waals surface area contributed by atoms with Crippen LogP contribution in [0, 0.1) is 0 Å². The molecule has 0 aliphatic carbocycles. The molecule has 1 saturated heterocycles. The Bertz CT molecular complexity index is 568. The van der Waals surface area contributed by atoms with Gasteiger partial charge in [0.15, 0.2) is 15.0 Å². The van der Waals surface area contributed by atoms with Crippen molar-refractivity contribution < 1.29 is 17.9 Å². The first-order chi connectivity index (χ1) is 9.50. The summed E-state index contributed by atoms with van der Waals surface area (Å²) in [6, 6.07) is 0. The maximum Gasteiger partial charge on any atom is 0.311 e. The van der Waals surface area contributed by atoms with Crippen LogP contribution >= 0.6 is 11.3 Å². The first kappa shape index (κ1) is 15.2. The zero-order valence-corrected chi connectivity index (χ0v) is 13.0. The van der Waals surface area contributed by atoms with Crippen LogP contribution in [0.4, 0.5) is 5.13 Å². The van der Waals surface area contributed by atoms with Crippen LogP contribution in [0.2, 0.25) is 0 Å². The maximum atomic E-state index is 11.6. The smallest absolute Gasteiger partial charge is 0.311 e. The topological polar surface area (TPSA) is 76.6 Å². The predicted octanol–water partition coefficient (Wildman–Crippen LogP) is 0.874. The molecule has 8 heteroatoms. The minimum atomic E-state index is -2.92. The fourth-order valence-electron chi connectivity index (χ4n) is 2.01. The molecular formula is C12H18N2O4S2. The Hall–Kier alpha value is -1.15. The van der Waals surface area contributed by atoms with E-state index in [-0.39, 0.29) is 23.9 Å². The number of esters is 1. The second-order valence-electron chi connectivity index (χ2n) is 4.60. The Kier molecular flexibility index (Phi) is 4.98.